The van der Waals surface area contributed by atoms with E-state index in [1.54, 1.807) is 6.20 Å². The Morgan fingerprint density at radius 1 is 1.18 bits per heavy atom. The number of azo groups is 1. The van der Waals surface area contributed by atoms with E-state index in [9.17, 15) is 0 Å². The fourth-order valence-electron chi connectivity index (χ4n) is 0.661. The zero-order chi connectivity index (χ0) is 7.94. The Hall–Kier alpha value is -1.44. The van der Waals surface area contributed by atoms with Crippen LogP contribution in [0.25, 0.3) is 0 Å². The van der Waals surface area contributed by atoms with Crippen molar-refractivity contribution in [3.8, 4) is 0 Å². The van der Waals surface area contributed by atoms with Crippen molar-refractivity contribution in [2.24, 2.45) is 10.2 Å². The molecule has 0 radical (unpaired) electrons. The van der Waals surface area contributed by atoms with E-state index in [4.69, 9.17) is 0 Å². The third-order valence-electron chi connectivity index (χ3n) is 1.15. The Kier molecular flexibility index (Phi) is 3.06. The lowest BCUT2D eigenvalue weighted by Gasteiger charge is -1.86. The zero-order valence-electron chi connectivity index (χ0n) is 6.44. The maximum absolute atomic E-state index is 3.93. The fourth-order valence-corrected chi connectivity index (χ4v) is 0.661. The van der Waals surface area contributed by atoms with Crippen molar-refractivity contribution in [2.45, 2.75) is 6.92 Å². The third-order valence-corrected chi connectivity index (χ3v) is 1.15. The molecule has 0 fully saturated rings. The van der Waals surface area contributed by atoms with Crippen molar-refractivity contribution in [1.29, 1.82) is 0 Å². The summed E-state index contributed by atoms with van der Waals surface area (Å²) in [4.78, 5) is 0. The van der Waals surface area contributed by atoms with Crippen molar-refractivity contribution >= 4 is 5.69 Å². The highest BCUT2D eigenvalue weighted by molar-refractivity contribution is 5.34. The molecule has 0 saturated carbocycles. The van der Waals surface area contributed by atoms with Crippen molar-refractivity contribution < 1.29 is 0 Å². The average molecular weight is 146 g/mol. The quantitative estimate of drug-likeness (QED) is 0.572. The van der Waals surface area contributed by atoms with Crippen LogP contribution in [0, 0.1) is 0 Å². The van der Waals surface area contributed by atoms with Gasteiger partial charge in [0, 0.05) is 6.20 Å². The minimum Gasteiger partial charge on any atom is -0.159 e. The Morgan fingerprint density at radius 2 is 1.91 bits per heavy atom. The monoisotopic (exact) mass is 146 g/mol. The molecule has 0 spiro atoms. The van der Waals surface area contributed by atoms with E-state index in [0.29, 0.717) is 0 Å². The van der Waals surface area contributed by atoms with Crippen LogP contribution >= 0.6 is 0 Å². The molecule has 0 aliphatic heterocycles. The second kappa shape index (κ2) is 4.39. The first kappa shape index (κ1) is 7.66. The van der Waals surface area contributed by atoms with Gasteiger partial charge in [0.2, 0.25) is 0 Å². The van der Waals surface area contributed by atoms with Gasteiger partial charge in [-0.05, 0) is 19.1 Å². The Balaban J connectivity index is 2.64. The predicted molar refractivity (Wildman–Crippen MR) is 45.8 cm³/mol. The van der Waals surface area contributed by atoms with Gasteiger partial charge in [0.1, 0.15) is 0 Å². The largest absolute Gasteiger partial charge is 0.159 e. The van der Waals surface area contributed by atoms with E-state index in [-0.39, 0.29) is 0 Å². The summed E-state index contributed by atoms with van der Waals surface area (Å²) in [6, 6.07) is 9.64. The summed E-state index contributed by atoms with van der Waals surface area (Å²) < 4.78 is 0. The van der Waals surface area contributed by atoms with Crippen molar-refractivity contribution in [1.82, 2.24) is 0 Å². The molecular weight excluding hydrogens is 136 g/mol. The molecule has 0 unspecified atom stereocenters. The van der Waals surface area contributed by atoms with Crippen LogP contribution < -0.4 is 0 Å². The number of benzene rings is 1. The highest BCUT2D eigenvalue weighted by Gasteiger charge is 1.80. The lowest BCUT2D eigenvalue weighted by molar-refractivity contribution is 1.22. The predicted octanol–water partition coefficient (Wildman–Crippen LogP) is 3.30. The molecule has 0 atom stereocenters. The number of allylic oxidation sites excluding steroid dienone is 1. The molecule has 0 bridgehead atoms. The molecule has 0 aliphatic rings. The molecule has 2 nitrogen and oxygen atoms in total. The van der Waals surface area contributed by atoms with Gasteiger partial charge >= 0.3 is 0 Å². The molecule has 1 aromatic carbocycles. The van der Waals surface area contributed by atoms with E-state index in [0.717, 1.165) is 5.69 Å². The third kappa shape index (κ3) is 2.76. The minimum absolute atomic E-state index is 0.880. The summed E-state index contributed by atoms with van der Waals surface area (Å²) in [5, 5.41) is 7.74. The van der Waals surface area contributed by atoms with Gasteiger partial charge in [-0.1, -0.05) is 24.3 Å². The van der Waals surface area contributed by atoms with Crippen LogP contribution in [0.2, 0.25) is 0 Å². The lowest BCUT2D eigenvalue weighted by Crippen LogP contribution is -1.58. The van der Waals surface area contributed by atoms with E-state index >= 15 is 0 Å². The zero-order valence-corrected chi connectivity index (χ0v) is 6.44. The molecule has 0 N–H and O–H groups in total. The molecule has 0 saturated heterocycles. The van der Waals surface area contributed by atoms with Crippen LogP contribution in [0.5, 0.6) is 0 Å². The van der Waals surface area contributed by atoms with Gasteiger partial charge in [-0.3, -0.25) is 0 Å². The van der Waals surface area contributed by atoms with Gasteiger partial charge in [-0.15, -0.1) is 0 Å². The normalized spacial score (nSPS) is 11.4. The van der Waals surface area contributed by atoms with Crippen molar-refractivity contribution in [3.05, 3.63) is 42.6 Å². The number of rotatable bonds is 2. The second-order valence-corrected chi connectivity index (χ2v) is 2.03. The second-order valence-electron chi connectivity index (χ2n) is 2.03. The first-order valence-electron chi connectivity index (χ1n) is 3.50. The summed E-state index contributed by atoms with van der Waals surface area (Å²) in [5.74, 6) is 0. The molecule has 2 heteroatoms. The summed E-state index contributed by atoms with van der Waals surface area (Å²) >= 11 is 0. The number of hydrogen-bond donors (Lipinski definition) is 0. The molecule has 0 amide bonds. The van der Waals surface area contributed by atoms with Gasteiger partial charge in [-0.25, -0.2) is 0 Å². The van der Waals surface area contributed by atoms with Crippen LogP contribution in [-0.2, 0) is 0 Å². The highest BCUT2D eigenvalue weighted by Crippen LogP contribution is 2.09. The summed E-state index contributed by atoms with van der Waals surface area (Å²) in [5.41, 5.74) is 0.880. The van der Waals surface area contributed by atoms with Gasteiger partial charge in [-0.2, -0.15) is 10.2 Å². The van der Waals surface area contributed by atoms with Crippen molar-refractivity contribution in [3.63, 3.8) is 0 Å². The summed E-state index contributed by atoms with van der Waals surface area (Å²) in [6.07, 6.45) is 3.50. The SMILES string of the molecule is CC=CN=Nc1ccccc1. The van der Waals surface area contributed by atoms with E-state index in [1.165, 1.54) is 0 Å². The van der Waals surface area contributed by atoms with Crippen LogP contribution in [0.4, 0.5) is 5.69 Å². The average Bonchev–Trinajstić information content (AvgIpc) is 2.07. The van der Waals surface area contributed by atoms with E-state index < -0.39 is 0 Å². The van der Waals surface area contributed by atoms with Gasteiger partial charge in [0.15, 0.2) is 0 Å². The van der Waals surface area contributed by atoms with E-state index in [2.05, 4.69) is 10.2 Å². The topological polar surface area (TPSA) is 24.7 Å². The molecule has 56 valence electrons. The van der Waals surface area contributed by atoms with Gasteiger partial charge in [0.25, 0.3) is 0 Å². The maximum Gasteiger partial charge on any atom is 0.0856 e. The van der Waals surface area contributed by atoms with Crippen LogP contribution in [0.3, 0.4) is 0 Å². The van der Waals surface area contributed by atoms with Crippen LogP contribution in [0.1, 0.15) is 6.92 Å². The lowest BCUT2D eigenvalue weighted by atomic mass is 10.3. The molecular formula is C9H10N2. The van der Waals surface area contributed by atoms with Crippen molar-refractivity contribution in [2.75, 3.05) is 0 Å². The smallest absolute Gasteiger partial charge is 0.0856 e. The first-order valence-corrected chi connectivity index (χ1v) is 3.50. The molecule has 11 heavy (non-hydrogen) atoms. The molecule has 1 rings (SSSR count). The molecule has 1 aromatic rings. The minimum atomic E-state index is 0.880. The standard InChI is InChI=1S/C9H10N2/c1-2-8-10-11-9-6-4-3-5-7-9/h2-8H,1H3. The highest BCUT2D eigenvalue weighted by atomic mass is 15.1. The Bertz CT molecular complexity index is 250. The van der Waals surface area contributed by atoms with E-state index in [1.807, 2.05) is 43.3 Å². The fraction of sp³-hybridized carbons (Fsp3) is 0.111. The Labute approximate surface area is 66.3 Å². The summed E-state index contributed by atoms with van der Waals surface area (Å²) in [6.45, 7) is 1.91. The summed E-state index contributed by atoms with van der Waals surface area (Å²) in [7, 11) is 0. The van der Waals surface area contributed by atoms with Crippen LogP contribution in [0.15, 0.2) is 52.8 Å². The van der Waals surface area contributed by atoms with Gasteiger partial charge < -0.3 is 0 Å². The number of nitrogens with zero attached hydrogens (tertiary/aromatic N) is 2. The maximum atomic E-state index is 3.93. The first-order chi connectivity index (χ1) is 5.43. The molecule has 0 aromatic heterocycles. The number of hydrogen-bond acceptors (Lipinski definition) is 2. The van der Waals surface area contributed by atoms with Crippen LogP contribution in [-0.4, -0.2) is 0 Å². The molecule has 0 aliphatic carbocycles. The molecule has 0 heterocycles. The van der Waals surface area contributed by atoms with Gasteiger partial charge in [0.05, 0.1) is 5.69 Å². The Morgan fingerprint density at radius 3 is 2.55 bits per heavy atom.